The van der Waals surface area contributed by atoms with E-state index in [1.807, 2.05) is 0 Å². The molecule has 1 amide bonds. The van der Waals surface area contributed by atoms with Gasteiger partial charge < -0.3 is 15.0 Å². The van der Waals surface area contributed by atoms with Crippen molar-refractivity contribution in [3.05, 3.63) is 53.3 Å². The number of benzene rings is 2. The van der Waals surface area contributed by atoms with Crippen LogP contribution in [0.5, 0.6) is 11.5 Å². The first-order valence-corrected chi connectivity index (χ1v) is 8.94. The number of carbonyl (C=O) groups is 1. The third-order valence-electron chi connectivity index (χ3n) is 5.14. The van der Waals surface area contributed by atoms with Crippen molar-refractivity contribution in [2.75, 3.05) is 11.4 Å². The van der Waals surface area contributed by atoms with E-state index in [2.05, 4.69) is 5.32 Å². The van der Waals surface area contributed by atoms with E-state index >= 15 is 0 Å². The molecule has 0 aromatic heterocycles. The van der Waals surface area contributed by atoms with Crippen LogP contribution in [0.15, 0.2) is 36.4 Å². The first-order chi connectivity index (χ1) is 13.8. The Morgan fingerprint density at radius 2 is 2.00 bits per heavy atom. The highest BCUT2D eigenvalue weighted by molar-refractivity contribution is 5.82. The summed E-state index contributed by atoms with van der Waals surface area (Å²) < 4.78 is 58.6. The highest BCUT2D eigenvalue weighted by Gasteiger charge is 2.44. The molecule has 1 saturated heterocycles. The molecule has 1 fully saturated rings. The van der Waals surface area contributed by atoms with E-state index in [0.29, 0.717) is 36.4 Å². The summed E-state index contributed by atoms with van der Waals surface area (Å²) in [6.07, 6.45) is -4.17. The van der Waals surface area contributed by atoms with E-state index in [1.165, 1.54) is 6.07 Å². The molecule has 0 saturated carbocycles. The minimum absolute atomic E-state index is 0.166. The molecule has 29 heavy (non-hydrogen) atoms. The van der Waals surface area contributed by atoms with Crippen LogP contribution in [0.25, 0.3) is 0 Å². The Labute approximate surface area is 163 Å². The Balaban J connectivity index is 1.85. The van der Waals surface area contributed by atoms with Crippen LogP contribution in [-0.2, 0) is 4.79 Å². The van der Waals surface area contributed by atoms with Crippen LogP contribution in [0.3, 0.4) is 0 Å². The summed E-state index contributed by atoms with van der Waals surface area (Å²) >= 11 is 0. The molecule has 2 aliphatic rings. The van der Waals surface area contributed by atoms with E-state index in [4.69, 9.17) is 4.74 Å². The third kappa shape index (κ3) is 3.35. The average molecular weight is 405 g/mol. The van der Waals surface area contributed by atoms with Crippen molar-refractivity contribution in [1.82, 2.24) is 5.32 Å². The summed E-state index contributed by atoms with van der Waals surface area (Å²) in [7, 11) is 0. The minimum atomic E-state index is -5.00. The number of alkyl halides is 3. The minimum Gasteiger partial charge on any atom is -0.455 e. The predicted molar refractivity (Wildman–Crippen MR) is 94.9 cm³/mol. The number of nitrogens with one attached hydrogen (secondary N) is 1. The largest absolute Gasteiger partial charge is 0.471 e. The van der Waals surface area contributed by atoms with Crippen molar-refractivity contribution < 1.29 is 27.1 Å². The predicted octanol–water partition coefficient (Wildman–Crippen LogP) is 4.19. The third-order valence-corrected chi connectivity index (χ3v) is 5.14. The number of para-hydroxylation sites is 1. The molecule has 2 heterocycles. The van der Waals surface area contributed by atoms with Crippen molar-refractivity contribution in [3.8, 4) is 17.6 Å². The summed E-state index contributed by atoms with van der Waals surface area (Å²) in [4.78, 5) is 13.4. The van der Waals surface area contributed by atoms with Gasteiger partial charge in [0.1, 0.15) is 17.6 Å². The number of fused-ring (bicyclic) bond motifs is 5. The number of nitriles is 1. The monoisotopic (exact) mass is 405 g/mol. The first-order valence-electron chi connectivity index (χ1n) is 8.94. The van der Waals surface area contributed by atoms with Gasteiger partial charge in [-0.05, 0) is 25.0 Å². The molecule has 150 valence electrons. The van der Waals surface area contributed by atoms with Crippen molar-refractivity contribution in [2.24, 2.45) is 0 Å². The highest BCUT2D eigenvalue weighted by Crippen LogP contribution is 2.48. The van der Waals surface area contributed by atoms with Crippen LogP contribution in [-0.4, -0.2) is 24.7 Å². The lowest BCUT2D eigenvalue weighted by Crippen LogP contribution is -2.52. The summed E-state index contributed by atoms with van der Waals surface area (Å²) in [6.45, 7) is 0.449. The maximum Gasteiger partial charge on any atom is 0.471 e. The maximum absolute atomic E-state index is 14.2. The number of amides is 1. The van der Waals surface area contributed by atoms with E-state index in [0.717, 1.165) is 6.07 Å². The molecule has 2 atom stereocenters. The van der Waals surface area contributed by atoms with Crippen LogP contribution < -0.4 is 15.0 Å². The second-order valence-corrected chi connectivity index (χ2v) is 6.91. The van der Waals surface area contributed by atoms with Gasteiger partial charge in [0, 0.05) is 18.2 Å². The molecule has 0 unspecified atom stereocenters. The topological polar surface area (TPSA) is 65.4 Å². The van der Waals surface area contributed by atoms with Gasteiger partial charge >= 0.3 is 12.1 Å². The zero-order valence-corrected chi connectivity index (χ0v) is 15.0. The van der Waals surface area contributed by atoms with E-state index in [-0.39, 0.29) is 11.3 Å². The number of ether oxygens (including phenoxy) is 1. The smallest absolute Gasteiger partial charge is 0.455 e. The Morgan fingerprint density at radius 1 is 1.24 bits per heavy atom. The number of anilines is 1. The molecule has 0 radical (unpaired) electrons. The van der Waals surface area contributed by atoms with Crippen molar-refractivity contribution in [3.63, 3.8) is 0 Å². The van der Waals surface area contributed by atoms with Gasteiger partial charge in [0.2, 0.25) is 0 Å². The van der Waals surface area contributed by atoms with Gasteiger partial charge in [-0.15, -0.1) is 0 Å². The van der Waals surface area contributed by atoms with Gasteiger partial charge in [-0.3, -0.25) is 4.79 Å². The van der Waals surface area contributed by atoms with Crippen molar-refractivity contribution in [2.45, 2.75) is 31.1 Å². The molecule has 2 aliphatic heterocycles. The fourth-order valence-electron chi connectivity index (χ4n) is 3.92. The average Bonchev–Trinajstić information content (AvgIpc) is 2.81. The number of halogens is 4. The van der Waals surface area contributed by atoms with Gasteiger partial charge in [-0.2, -0.15) is 18.4 Å². The Kier molecular flexibility index (Phi) is 4.57. The van der Waals surface area contributed by atoms with Crippen LogP contribution in [0.1, 0.15) is 30.0 Å². The van der Waals surface area contributed by atoms with Gasteiger partial charge in [-0.1, -0.05) is 18.2 Å². The number of piperidine rings is 1. The fourth-order valence-corrected chi connectivity index (χ4v) is 3.92. The summed E-state index contributed by atoms with van der Waals surface area (Å²) in [5.74, 6) is -2.23. The summed E-state index contributed by atoms with van der Waals surface area (Å²) in [5.41, 5.74) is 0.781. The molecule has 2 aromatic rings. The number of carbonyl (C=O) groups excluding carboxylic acids is 1. The lowest BCUT2D eigenvalue weighted by atomic mass is 9.89. The first kappa shape index (κ1) is 19.1. The summed E-state index contributed by atoms with van der Waals surface area (Å²) in [5, 5.41) is 11.3. The van der Waals surface area contributed by atoms with Crippen LogP contribution >= 0.6 is 0 Å². The van der Waals surface area contributed by atoms with Crippen molar-refractivity contribution in [1.29, 1.82) is 5.26 Å². The zero-order valence-electron chi connectivity index (χ0n) is 15.0. The van der Waals surface area contributed by atoms with Gasteiger partial charge in [0.15, 0.2) is 5.75 Å². The SMILES string of the molecule is N#Cc1cc2c(cc1F)Oc1ccccc1[C@H]1[C@H](NC(=O)C(F)(F)F)CCCN21. The highest BCUT2D eigenvalue weighted by atomic mass is 19.4. The molecule has 4 rings (SSSR count). The van der Waals surface area contributed by atoms with E-state index in [1.54, 1.807) is 35.2 Å². The standard InChI is InChI=1S/C20H15F4N3O2/c21-13-9-17-15(8-11(13)10-25)27-7-3-5-14(26-19(28)20(22,23)24)18(27)12-4-1-2-6-16(12)29-17/h1-2,4,6,8-9,14,18H,3,5,7H2,(H,26,28)/t14-,18+/m1/s1. The molecular formula is C20H15F4N3O2. The lowest BCUT2D eigenvalue weighted by molar-refractivity contribution is -0.174. The number of hydrogen-bond donors (Lipinski definition) is 1. The molecule has 9 heteroatoms. The number of hydrogen-bond acceptors (Lipinski definition) is 4. The Hall–Kier alpha value is -3.28. The normalized spacial score (nSPS) is 20.3. The van der Waals surface area contributed by atoms with E-state index < -0.39 is 30.0 Å². The molecule has 0 aliphatic carbocycles. The Morgan fingerprint density at radius 3 is 2.72 bits per heavy atom. The lowest BCUT2D eigenvalue weighted by Gasteiger charge is -2.42. The quantitative estimate of drug-likeness (QED) is 0.723. The van der Waals surface area contributed by atoms with Crippen LogP contribution in [0.4, 0.5) is 23.2 Å². The number of nitrogens with zero attached hydrogens (tertiary/aromatic N) is 2. The van der Waals surface area contributed by atoms with Gasteiger partial charge in [-0.25, -0.2) is 4.39 Å². The summed E-state index contributed by atoms with van der Waals surface area (Å²) in [6, 6.07) is 9.45. The molecular weight excluding hydrogens is 390 g/mol. The second-order valence-electron chi connectivity index (χ2n) is 6.91. The zero-order chi connectivity index (χ0) is 20.8. The second kappa shape index (κ2) is 6.95. The number of rotatable bonds is 1. The molecule has 2 aromatic carbocycles. The Bertz CT molecular complexity index is 1020. The molecule has 1 N–H and O–H groups in total. The fraction of sp³-hybridized carbons (Fsp3) is 0.300. The molecule has 5 nitrogen and oxygen atoms in total. The van der Waals surface area contributed by atoms with Gasteiger partial charge in [0.25, 0.3) is 0 Å². The molecule has 0 spiro atoms. The van der Waals surface area contributed by atoms with Crippen LogP contribution in [0.2, 0.25) is 0 Å². The maximum atomic E-state index is 14.2. The van der Waals surface area contributed by atoms with Crippen molar-refractivity contribution >= 4 is 11.6 Å². The molecule has 0 bridgehead atoms. The van der Waals surface area contributed by atoms with Crippen LogP contribution in [0, 0.1) is 17.1 Å². The van der Waals surface area contributed by atoms with Gasteiger partial charge in [0.05, 0.1) is 23.3 Å². The van der Waals surface area contributed by atoms with E-state index in [9.17, 15) is 27.6 Å².